The minimum absolute atomic E-state index is 3.00. The first kappa shape index (κ1) is 4.80. The van der Waals surface area contributed by atoms with E-state index in [9.17, 15) is 0 Å². The van der Waals surface area contributed by atoms with Crippen LogP contribution in [0.1, 0.15) is 0 Å². The molecule has 0 aromatic rings. The van der Waals surface area contributed by atoms with Gasteiger partial charge in [-0.2, -0.15) is 0 Å². The van der Waals surface area contributed by atoms with Crippen molar-refractivity contribution in [2.24, 2.45) is 0 Å². The molecule has 0 spiro atoms. The molecule has 4 N–H and O–H groups in total. The monoisotopic (exact) mass is 82.0 g/mol. The molecule has 32 valence electrons. The van der Waals surface area contributed by atoms with E-state index < -0.39 is 5.14 Å². The standard InChI is InChI=1S/H4NO4/c2-1(3,4)5/h2-5H/q+1. The van der Waals surface area contributed by atoms with Gasteiger partial charge in [0.2, 0.25) is 5.14 Å². The zero-order valence-corrected chi connectivity index (χ0v) is 2.24. The van der Waals surface area contributed by atoms with Crippen LogP contribution in [0, 0.1) is 0 Å². The minimum atomic E-state index is -3.00. The first-order valence-corrected chi connectivity index (χ1v) is 0.800. The number of rotatable bonds is 0. The average Bonchev–Trinajstić information content (AvgIpc) is 0.722. The molecule has 0 aliphatic heterocycles. The van der Waals surface area contributed by atoms with Gasteiger partial charge >= 0.3 is 0 Å². The highest BCUT2D eigenvalue weighted by atomic mass is 17.2. The van der Waals surface area contributed by atoms with Crippen LogP contribution < -0.4 is 0 Å². The Labute approximate surface area is 27.3 Å². The Hall–Kier alpha value is -0.200. The summed E-state index contributed by atoms with van der Waals surface area (Å²) in [6.45, 7) is 0. The van der Waals surface area contributed by atoms with Crippen LogP contribution >= 0.6 is 0 Å². The molecule has 0 amide bonds. The topological polar surface area (TPSA) is 80.9 Å². The van der Waals surface area contributed by atoms with E-state index in [1.54, 1.807) is 0 Å². The summed E-state index contributed by atoms with van der Waals surface area (Å²) in [4.78, 5) is 0. The molecular formula is H4NO4+. The molecule has 0 radical (unpaired) electrons. The van der Waals surface area contributed by atoms with Crippen molar-refractivity contribution in [3.63, 3.8) is 0 Å². The van der Waals surface area contributed by atoms with E-state index in [0.29, 0.717) is 0 Å². The quantitative estimate of drug-likeness (QED) is 0.231. The van der Waals surface area contributed by atoms with Crippen molar-refractivity contribution >= 4 is 0 Å². The maximum absolute atomic E-state index is 7.12. The van der Waals surface area contributed by atoms with Crippen molar-refractivity contribution in [2.75, 3.05) is 0 Å². The Balaban J connectivity index is 3.02. The Kier molecular flexibility index (Phi) is 0.850. The van der Waals surface area contributed by atoms with E-state index in [4.69, 9.17) is 20.8 Å². The lowest BCUT2D eigenvalue weighted by atomic mass is 12.8. The first-order chi connectivity index (χ1) is 2.00. The lowest BCUT2D eigenvalue weighted by Crippen LogP contribution is -2.31. The van der Waals surface area contributed by atoms with E-state index in [-0.39, 0.29) is 0 Å². The third-order valence-corrected chi connectivity index (χ3v) is 0. The van der Waals surface area contributed by atoms with Gasteiger partial charge in [-0.05, 0) is 0 Å². The molecular weight excluding hydrogens is 78.0 g/mol. The summed E-state index contributed by atoms with van der Waals surface area (Å²) in [6.07, 6.45) is 0. The van der Waals surface area contributed by atoms with Crippen LogP contribution in [-0.2, 0) is 0 Å². The predicted molar refractivity (Wildman–Crippen MR) is 7.41 cm³/mol. The van der Waals surface area contributed by atoms with Gasteiger partial charge in [-0.1, -0.05) is 0 Å². The van der Waals surface area contributed by atoms with E-state index in [1.807, 2.05) is 0 Å². The Morgan fingerprint density at radius 2 is 0.800 bits per heavy atom. The van der Waals surface area contributed by atoms with Gasteiger partial charge in [0.1, 0.15) is 0 Å². The lowest BCUT2D eigenvalue weighted by molar-refractivity contribution is -1.48. The van der Waals surface area contributed by atoms with Crippen molar-refractivity contribution in [3.05, 3.63) is 0 Å². The molecule has 0 saturated heterocycles. The normalized spacial score (nSPS) is 12.0. The van der Waals surface area contributed by atoms with Gasteiger partial charge in [0.05, 0.1) is 0 Å². The van der Waals surface area contributed by atoms with Crippen LogP contribution in [0.15, 0.2) is 0 Å². The number of quaternary nitrogens is 1. The average molecular weight is 82.0 g/mol. The zero-order valence-electron chi connectivity index (χ0n) is 2.24. The summed E-state index contributed by atoms with van der Waals surface area (Å²) in [5, 5.41) is 25.5. The van der Waals surface area contributed by atoms with Crippen molar-refractivity contribution in [1.29, 1.82) is 0 Å². The van der Waals surface area contributed by atoms with Crippen molar-refractivity contribution < 1.29 is 26.0 Å². The fraction of sp³-hybridized carbons (Fsp3) is 0. The molecule has 0 bridgehead atoms. The predicted octanol–water partition coefficient (Wildman–Crippen LogP) is -0.640. The van der Waals surface area contributed by atoms with E-state index in [0.717, 1.165) is 0 Å². The van der Waals surface area contributed by atoms with E-state index in [1.165, 1.54) is 0 Å². The third-order valence-electron chi connectivity index (χ3n) is 0. The first-order valence-electron chi connectivity index (χ1n) is 0.800. The summed E-state index contributed by atoms with van der Waals surface area (Å²) in [6, 6.07) is 0. The zero-order chi connectivity index (χ0) is 4.50. The third kappa shape index (κ3) is 308. The van der Waals surface area contributed by atoms with E-state index >= 15 is 0 Å². The van der Waals surface area contributed by atoms with E-state index in [2.05, 4.69) is 0 Å². The van der Waals surface area contributed by atoms with Gasteiger partial charge in [0, 0.05) is 0 Å². The van der Waals surface area contributed by atoms with Gasteiger partial charge in [0.25, 0.3) is 0 Å². The number of hydrogen-bond acceptors (Lipinski definition) is 4. The SMILES string of the molecule is O[N+](O)(O)O. The van der Waals surface area contributed by atoms with Crippen LogP contribution in [0.2, 0.25) is 0 Å². The van der Waals surface area contributed by atoms with Gasteiger partial charge in [-0.15, -0.1) is 20.8 Å². The second-order valence-corrected chi connectivity index (χ2v) is 0.537. The van der Waals surface area contributed by atoms with Gasteiger partial charge in [0.15, 0.2) is 0 Å². The summed E-state index contributed by atoms with van der Waals surface area (Å²) >= 11 is 0. The Bertz CT molecular complexity index is 19.1. The molecule has 5 heteroatoms. The van der Waals surface area contributed by atoms with Gasteiger partial charge < -0.3 is 0 Å². The molecule has 0 unspecified atom stereocenters. The fourth-order valence-corrected chi connectivity index (χ4v) is 0. The molecule has 0 aromatic carbocycles. The van der Waals surface area contributed by atoms with Crippen molar-refractivity contribution in [1.82, 2.24) is 0 Å². The molecule has 0 heterocycles. The van der Waals surface area contributed by atoms with Crippen LogP contribution in [0.3, 0.4) is 0 Å². The molecule has 0 aliphatic rings. The molecule has 0 aromatic heterocycles. The number of hydrogen-bond donors (Lipinski definition) is 4. The largest absolute Gasteiger partial charge is 0.237 e. The number of nitrogens with zero attached hydrogens (tertiary/aromatic N) is 1. The molecule has 5 nitrogen and oxygen atoms in total. The molecule has 0 fully saturated rings. The highest BCUT2D eigenvalue weighted by molar-refractivity contribution is 2.56. The lowest BCUT2D eigenvalue weighted by Gasteiger charge is -1.94. The second kappa shape index (κ2) is 0.886. The summed E-state index contributed by atoms with van der Waals surface area (Å²) < 4.78 is 0. The Morgan fingerprint density at radius 1 is 0.800 bits per heavy atom. The summed E-state index contributed by atoms with van der Waals surface area (Å²) in [5.74, 6) is 0. The van der Waals surface area contributed by atoms with Crippen molar-refractivity contribution in [3.8, 4) is 0 Å². The highest BCUT2D eigenvalue weighted by Gasteiger charge is 2.07. The smallest absolute Gasteiger partial charge is 0.111 e. The Morgan fingerprint density at radius 3 is 0.800 bits per heavy atom. The fourth-order valence-electron chi connectivity index (χ4n) is 0. The molecule has 5 heavy (non-hydrogen) atoms. The van der Waals surface area contributed by atoms with Gasteiger partial charge in [-0.3, -0.25) is 0 Å². The highest BCUT2D eigenvalue weighted by Crippen LogP contribution is 1.69. The molecule has 0 aliphatic carbocycles. The minimum Gasteiger partial charge on any atom is -0.111 e. The van der Waals surface area contributed by atoms with Crippen LogP contribution in [0.4, 0.5) is 0 Å². The maximum atomic E-state index is 7.12. The van der Waals surface area contributed by atoms with Crippen LogP contribution in [0.5, 0.6) is 0 Å². The van der Waals surface area contributed by atoms with Crippen LogP contribution in [0.25, 0.3) is 0 Å². The van der Waals surface area contributed by atoms with Crippen LogP contribution in [-0.4, -0.2) is 26.0 Å². The summed E-state index contributed by atoms with van der Waals surface area (Å²) in [5.41, 5.74) is 0. The van der Waals surface area contributed by atoms with Gasteiger partial charge in [-0.25, -0.2) is 0 Å². The molecule has 0 rings (SSSR count). The molecule has 0 saturated carbocycles. The second-order valence-electron chi connectivity index (χ2n) is 0.537. The van der Waals surface area contributed by atoms with Crippen molar-refractivity contribution in [2.45, 2.75) is 0 Å². The molecule has 0 atom stereocenters. The maximum Gasteiger partial charge on any atom is 0.237 e. The summed E-state index contributed by atoms with van der Waals surface area (Å²) in [7, 11) is 0.